The number of benzene rings is 3. The van der Waals surface area contributed by atoms with Gasteiger partial charge in [0.05, 0.1) is 60.4 Å². The summed E-state index contributed by atoms with van der Waals surface area (Å²) in [4.78, 5) is 41.6. The Kier molecular flexibility index (Phi) is 12.9. The van der Waals surface area contributed by atoms with Gasteiger partial charge in [-0.3, -0.25) is 39.8 Å². The molecule has 0 radical (unpaired) electrons. The molecule has 22 nitrogen and oxygen atoms in total. The monoisotopic (exact) mass is 937 g/mol. The number of allylic oxidation sites excluding steroid dienone is 7. The lowest BCUT2D eigenvalue weighted by Gasteiger charge is -2.30. The molecule has 3 aliphatic carbocycles. The number of ether oxygens (including phenoxy) is 2. The minimum absolute atomic E-state index is 0.160. The molecule has 0 amide bonds. The minimum atomic E-state index is -5.17. The van der Waals surface area contributed by atoms with Gasteiger partial charge in [0.15, 0.2) is 5.71 Å². The number of nitrogens with two attached hydrogens (primary N) is 1. The topological polar surface area (TPSA) is 309 Å². The highest BCUT2D eigenvalue weighted by molar-refractivity contribution is 7.91. The molecule has 3 aromatic carbocycles. The molecule has 66 heavy (non-hydrogen) atoms. The van der Waals surface area contributed by atoms with Gasteiger partial charge in [0, 0.05) is 49.7 Å². The third-order valence-corrected chi connectivity index (χ3v) is 12.1. The average molecular weight is 938 g/mol. The van der Waals surface area contributed by atoms with Crippen LogP contribution in [0.2, 0.25) is 0 Å². The van der Waals surface area contributed by atoms with Gasteiger partial charge in [-0.05, 0) is 90.5 Å². The van der Waals surface area contributed by atoms with E-state index in [1.54, 1.807) is 48.6 Å². The molecule has 2 saturated heterocycles. The summed E-state index contributed by atoms with van der Waals surface area (Å²) >= 11 is 0. The molecule has 2 aliphatic heterocycles. The summed E-state index contributed by atoms with van der Waals surface area (Å²) in [7, 11) is -10.3. The van der Waals surface area contributed by atoms with Gasteiger partial charge in [0.2, 0.25) is 17.3 Å². The highest BCUT2D eigenvalue weighted by atomic mass is 32.2. The van der Waals surface area contributed by atoms with E-state index < -0.39 is 58.5 Å². The van der Waals surface area contributed by atoms with Gasteiger partial charge in [-0.2, -0.15) is 37.3 Å². The Balaban J connectivity index is 0.977. The normalized spacial score (nSPS) is 19.9. The maximum Gasteiger partial charge on any atom is 0.296 e. The maximum absolute atomic E-state index is 14.0. The number of nitrogen functional groups attached to an aromatic ring is 1. The van der Waals surface area contributed by atoms with E-state index in [9.17, 15) is 40.3 Å². The number of carbonyl (C=O) groups excluding carboxylic acids is 3. The molecule has 2 heterocycles. The molecule has 0 spiro atoms. The van der Waals surface area contributed by atoms with Crippen LogP contribution in [0.5, 0.6) is 0 Å². The summed E-state index contributed by atoms with van der Waals surface area (Å²) in [6.45, 7) is 4.97. The van der Waals surface area contributed by atoms with E-state index in [0.717, 1.165) is 23.5 Å². The number of hydrogen-bond donors (Lipinski definition) is 6. The number of azo groups is 1. The number of hydrazone groups is 3. The first-order valence-corrected chi connectivity index (χ1v) is 22.9. The molecule has 24 heteroatoms. The zero-order chi connectivity index (χ0) is 46.6. The minimum Gasteiger partial charge on any atom is -0.396 e. The zero-order valence-electron chi connectivity index (χ0n) is 34.5. The van der Waals surface area contributed by atoms with Crippen molar-refractivity contribution in [3.05, 3.63) is 118 Å². The molecule has 0 aromatic heterocycles. The third kappa shape index (κ3) is 10.2. The molecule has 2 fully saturated rings. The van der Waals surface area contributed by atoms with Gasteiger partial charge in [-0.15, -0.1) is 5.11 Å². The molecule has 0 bridgehead atoms. The molecule has 7 N–H and O–H groups in total. The summed E-state index contributed by atoms with van der Waals surface area (Å²) < 4.78 is 81.2. The smallest absolute Gasteiger partial charge is 0.296 e. The van der Waals surface area contributed by atoms with Crippen LogP contribution in [0.15, 0.2) is 138 Å². The molecular weight excluding hydrogens is 899 g/mol. The van der Waals surface area contributed by atoms with Crippen LogP contribution >= 0.6 is 0 Å². The maximum atomic E-state index is 14.0. The van der Waals surface area contributed by atoms with Crippen LogP contribution in [0.4, 0.5) is 34.1 Å². The number of Topliss-reactive ketones (excluding diaryl/α,β-unsaturated/α-hetero) is 1. The lowest BCUT2D eigenvalue weighted by atomic mass is 9.92. The van der Waals surface area contributed by atoms with E-state index in [1.165, 1.54) is 36.4 Å². The van der Waals surface area contributed by atoms with Crippen molar-refractivity contribution in [3.63, 3.8) is 0 Å². The fourth-order valence-electron chi connectivity index (χ4n) is 7.02. The number of hydrogen-bond acceptors (Lipinski definition) is 20. The second-order valence-electron chi connectivity index (χ2n) is 14.7. The molecule has 0 saturated carbocycles. The highest BCUT2D eigenvalue weighted by Crippen LogP contribution is 2.41. The van der Waals surface area contributed by atoms with Gasteiger partial charge >= 0.3 is 0 Å². The number of carbonyl (C=O) groups is 3. The number of anilines is 4. The quantitative estimate of drug-likeness (QED) is 0.0490. The summed E-state index contributed by atoms with van der Waals surface area (Å²) in [5.74, 6) is -1.73. The Morgan fingerprint density at radius 2 is 1.08 bits per heavy atom. The third-order valence-electron chi connectivity index (χ3n) is 10.4. The molecule has 0 unspecified atom stereocenters. The van der Waals surface area contributed by atoms with Crippen LogP contribution in [0, 0.1) is 0 Å². The number of ketones is 3. The van der Waals surface area contributed by atoms with Crippen LogP contribution in [-0.2, 0) is 39.3 Å². The van der Waals surface area contributed by atoms with Gasteiger partial charge in [0.25, 0.3) is 20.2 Å². The number of fused-ring (bicyclic) bond motifs is 1. The van der Waals surface area contributed by atoms with Gasteiger partial charge in [-0.25, -0.2) is 0 Å². The first kappa shape index (κ1) is 45.1. The second-order valence-corrected chi connectivity index (χ2v) is 17.5. The van der Waals surface area contributed by atoms with Crippen molar-refractivity contribution in [3.8, 4) is 0 Å². The largest absolute Gasteiger partial charge is 0.396 e. The number of rotatable bonds is 12. The number of nitrogens with one attached hydrogen (secondary N) is 3. The Labute approximate surface area is 376 Å². The Morgan fingerprint density at radius 3 is 1.53 bits per heavy atom. The van der Waals surface area contributed by atoms with Crippen LogP contribution < -0.4 is 22.0 Å². The predicted molar refractivity (Wildman–Crippen MR) is 244 cm³/mol. The van der Waals surface area contributed by atoms with E-state index in [-0.39, 0.29) is 39.9 Å². The van der Waals surface area contributed by atoms with Crippen molar-refractivity contribution in [1.29, 1.82) is 0 Å². The van der Waals surface area contributed by atoms with Crippen molar-refractivity contribution in [2.75, 3.05) is 74.6 Å². The van der Waals surface area contributed by atoms with Crippen LogP contribution in [0.1, 0.15) is 15.9 Å². The summed E-state index contributed by atoms with van der Waals surface area (Å²) in [5.41, 5.74) is 14.8. The average Bonchev–Trinajstić information content (AvgIpc) is 3.30. The Hall–Kier alpha value is -7.48. The van der Waals surface area contributed by atoms with E-state index in [0.29, 0.717) is 64.0 Å². The summed E-state index contributed by atoms with van der Waals surface area (Å²) in [5, 5.41) is 20.3. The molecule has 5 aliphatic rings. The van der Waals surface area contributed by atoms with Crippen molar-refractivity contribution in [2.24, 2.45) is 25.5 Å². The lowest BCUT2D eigenvalue weighted by Crippen LogP contribution is -2.36. The molecule has 8 rings (SSSR count). The highest BCUT2D eigenvalue weighted by Gasteiger charge is 2.37. The van der Waals surface area contributed by atoms with Crippen LogP contribution in [0.3, 0.4) is 0 Å². The number of morpholine rings is 2. The van der Waals surface area contributed by atoms with Crippen molar-refractivity contribution in [2.45, 2.75) is 4.90 Å². The first-order chi connectivity index (χ1) is 31.6. The predicted octanol–water partition coefficient (Wildman–Crippen LogP) is 4.07. The molecular formula is C42H39N11O11S2. The van der Waals surface area contributed by atoms with E-state index in [1.807, 2.05) is 9.80 Å². The Morgan fingerprint density at radius 1 is 0.606 bits per heavy atom. The first-order valence-electron chi connectivity index (χ1n) is 20.0. The SMILES string of the molecule is Nc1c(N=Nc2ccc(N/N=C3\C=CC(N4CCOCC4)=CC3=O)cc2)c(S(=O)(=O)O)cc2c1C(=O)/C(=N/Nc1ccc(N/N=C3/C=CC(N4CCOCC4)=CC3=O)cc1)C(S(=O)(=O)O)=C2. The van der Waals surface area contributed by atoms with Crippen LogP contribution in [0.25, 0.3) is 6.08 Å². The number of nitrogens with zero attached hydrogens (tertiary/aromatic N) is 7. The molecule has 0 atom stereocenters. The van der Waals surface area contributed by atoms with E-state index >= 15 is 0 Å². The van der Waals surface area contributed by atoms with E-state index in [2.05, 4.69) is 41.8 Å². The van der Waals surface area contributed by atoms with Crippen molar-refractivity contribution < 1.29 is 49.8 Å². The van der Waals surface area contributed by atoms with Gasteiger partial charge < -0.3 is 25.0 Å². The van der Waals surface area contributed by atoms with Crippen molar-refractivity contribution in [1.82, 2.24) is 9.80 Å². The Bertz CT molecular complexity index is 3020. The lowest BCUT2D eigenvalue weighted by molar-refractivity contribution is -0.109. The van der Waals surface area contributed by atoms with Gasteiger partial charge in [0.1, 0.15) is 26.9 Å². The van der Waals surface area contributed by atoms with Crippen LogP contribution in [-0.4, -0.2) is 123 Å². The van der Waals surface area contributed by atoms with Gasteiger partial charge in [-0.1, -0.05) is 0 Å². The zero-order valence-corrected chi connectivity index (χ0v) is 36.1. The molecule has 3 aromatic rings. The summed E-state index contributed by atoms with van der Waals surface area (Å²) in [6.07, 6.45) is 10.6. The molecule has 340 valence electrons. The van der Waals surface area contributed by atoms with E-state index in [4.69, 9.17) is 15.2 Å². The summed E-state index contributed by atoms with van der Waals surface area (Å²) in [6, 6.07) is 12.9. The second kappa shape index (κ2) is 18.9. The van der Waals surface area contributed by atoms with Crippen molar-refractivity contribution >= 4 is 94.9 Å². The standard InChI is InChI=1S/C42H39N11O11S2/c43-39-38-25(21-36(65(57,58)59)40(39)50-46-28-5-1-26(2-6-28)44-48-32-11-9-30(23-34(32)54)52-13-17-63-18-14-52)22-37(66(60,61)62)41(42(38)56)51-47-29-7-3-27(4-8-29)45-49-33-12-10-31(24-35(33)55)53-15-19-64-20-16-53/h1-12,21-24,44-45,47H,13-20,43H2,(H,57,58,59)(H,60,61,62)/b48-32+,49-33-,50-46?,51-41+. The fourth-order valence-corrected chi connectivity index (χ4v) is 8.35. The fraction of sp³-hybridized carbons (Fsp3) is 0.190.